The van der Waals surface area contributed by atoms with E-state index < -0.39 is 23.5 Å². The van der Waals surface area contributed by atoms with Crippen LogP contribution >= 0.6 is 34.5 Å². The number of carbonyl (C=O) groups is 2. The predicted octanol–water partition coefficient (Wildman–Crippen LogP) is 3.82. The summed E-state index contributed by atoms with van der Waals surface area (Å²) in [6.07, 6.45) is -0.358. The molecule has 0 aliphatic carbocycles. The van der Waals surface area contributed by atoms with E-state index in [0.29, 0.717) is 37.4 Å². The first-order valence-electron chi connectivity index (χ1n) is 10.8. The summed E-state index contributed by atoms with van der Waals surface area (Å²) < 4.78 is 7.15. The van der Waals surface area contributed by atoms with Crippen molar-refractivity contribution in [2.24, 2.45) is 4.99 Å². The van der Waals surface area contributed by atoms with Crippen LogP contribution < -0.4 is 20.2 Å². The van der Waals surface area contributed by atoms with Gasteiger partial charge in [0.1, 0.15) is 4.53 Å². The summed E-state index contributed by atoms with van der Waals surface area (Å²) in [5.74, 6) is -0.958. The van der Waals surface area contributed by atoms with Crippen LogP contribution in [0, 0.1) is 0 Å². The Morgan fingerprint density at radius 3 is 2.49 bits per heavy atom. The molecule has 5 rings (SSSR count). The van der Waals surface area contributed by atoms with E-state index >= 15 is 0 Å². The monoisotopic (exact) mass is 527 g/mol. The van der Waals surface area contributed by atoms with Crippen LogP contribution in [0.25, 0.3) is 5.57 Å². The van der Waals surface area contributed by atoms with Gasteiger partial charge in [0.05, 0.1) is 29.0 Å². The summed E-state index contributed by atoms with van der Waals surface area (Å²) in [5, 5.41) is 3.74. The minimum atomic E-state index is -0.799. The van der Waals surface area contributed by atoms with Crippen LogP contribution in [0.5, 0.6) is 0 Å². The number of benzene rings is 2. The molecule has 2 aromatic carbocycles. The van der Waals surface area contributed by atoms with Crippen molar-refractivity contribution in [2.45, 2.75) is 32.9 Å². The molecule has 7 nitrogen and oxygen atoms in total. The van der Waals surface area contributed by atoms with Gasteiger partial charge in [0.25, 0.3) is 11.5 Å². The average molecular weight is 528 g/mol. The number of aromatic nitrogens is 1. The Morgan fingerprint density at radius 1 is 1.11 bits per heavy atom. The van der Waals surface area contributed by atoms with Gasteiger partial charge in [-0.05, 0) is 56.7 Å². The van der Waals surface area contributed by atoms with E-state index in [2.05, 4.69) is 10.3 Å². The molecule has 0 fully saturated rings. The molecule has 0 saturated heterocycles. The number of anilines is 1. The van der Waals surface area contributed by atoms with Crippen LogP contribution in [-0.4, -0.2) is 22.5 Å². The molecule has 2 aliphatic heterocycles. The van der Waals surface area contributed by atoms with E-state index in [0.717, 1.165) is 11.3 Å². The van der Waals surface area contributed by atoms with Gasteiger partial charge in [-0.15, -0.1) is 0 Å². The Hall–Kier alpha value is -3.20. The van der Waals surface area contributed by atoms with Gasteiger partial charge >= 0.3 is 5.97 Å². The third-order valence-corrected chi connectivity index (χ3v) is 7.24. The largest absolute Gasteiger partial charge is 0.459 e. The van der Waals surface area contributed by atoms with Gasteiger partial charge in [0.2, 0.25) is 0 Å². The molecule has 0 spiro atoms. The summed E-state index contributed by atoms with van der Waals surface area (Å²) >= 11 is 13.4. The number of thiazole rings is 1. The maximum Gasteiger partial charge on any atom is 0.338 e. The van der Waals surface area contributed by atoms with E-state index in [4.69, 9.17) is 27.9 Å². The van der Waals surface area contributed by atoms with Crippen molar-refractivity contribution < 1.29 is 14.3 Å². The second-order valence-corrected chi connectivity index (χ2v) is 10.3. The zero-order valence-electron chi connectivity index (χ0n) is 18.9. The second kappa shape index (κ2) is 8.78. The topological polar surface area (TPSA) is 89.8 Å². The number of esters is 1. The molecule has 1 atom stereocenters. The lowest BCUT2D eigenvalue weighted by atomic mass is 9.96. The van der Waals surface area contributed by atoms with Crippen molar-refractivity contribution in [1.82, 2.24) is 4.57 Å². The molecular weight excluding hydrogens is 509 g/mol. The third-order valence-electron chi connectivity index (χ3n) is 5.70. The van der Waals surface area contributed by atoms with Crippen molar-refractivity contribution in [2.75, 3.05) is 5.32 Å². The van der Waals surface area contributed by atoms with Gasteiger partial charge in [-0.1, -0.05) is 46.7 Å². The number of nitrogens with one attached hydrogen (secondary N) is 1. The quantitative estimate of drug-likeness (QED) is 0.524. The Balaban J connectivity index is 1.81. The second-order valence-electron chi connectivity index (χ2n) is 8.43. The zero-order valence-corrected chi connectivity index (χ0v) is 21.2. The normalized spacial score (nSPS) is 18.2. The number of rotatable bonds is 3. The Bertz CT molecular complexity index is 1620. The van der Waals surface area contributed by atoms with Crippen LogP contribution in [0.15, 0.2) is 63.5 Å². The van der Waals surface area contributed by atoms with Crippen LogP contribution in [0.1, 0.15) is 37.9 Å². The molecule has 10 heteroatoms. The van der Waals surface area contributed by atoms with E-state index in [1.807, 2.05) is 0 Å². The SMILES string of the molecule is CC1=C(C(=O)OC(C)C)[C@H](c2ccc(Cl)cc2)n2c(s/c(=C3\C(=O)Nc4ccc(Cl)cc43)c2=O)=N1. The minimum absolute atomic E-state index is 0.215. The number of hydrogen-bond donors (Lipinski definition) is 1. The highest BCUT2D eigenvalue weighted by Crippen LogP contribution is 2.34. The number of carbonyl (C=O) groups excluding carboxylic acids is 2. The highest BCUT2D eigenvalue weighted by molar-refractivity contribution is 7.07. The fourth-order valence-electron chi connectivity index (χ4n) is 4.24. The lowest BCUT2D eigenvalue weighted by Gasteiger charge is -2.25. The molecule has 0 unspecified atom stereocenters. The van der Waals surface area contributed by atoms with Gasteiger partial charge in [0.15, 0.2) is 4.80 Å². The molecule has 1 aromatic heterocycles. The van der Waals surface area contributed by atoms with Crippen molar-refractivity contribution >= 4 is 57.7 Å². The number of amides is 1. The summed E-state index contributed by atoms with van der Waals surface area (Å²) in [7, 11) is 0. The molecule has 0 saturated carbocycles. The molecule has 3 heterocycles. The highest BCUT2D eigenvalue weighted by atomic mass is 35.5. The van der Waals surface area contributed by atoms with Gasteiger partial charge in [-0.2, -0.15) is 0 Å². The number of hydrogen-bond acceptors (Lipinski definition) is 6. The summed E-state index contributed by atoms with van der Waals surface area (Å²) in [4.78, 5) is 44.8. The van der Waals surface area contributed by atoms with E-state index in [1.165, 1.54) is 4.57 Å². The Labute approximate surface area is 214 Å². The van der Waals surface area contributed by atoms with Crippen LogP contribution in [0.4, 0.5) is 5.69 Å². The fraction of sp³-hybridized carbons (Fsp3) is 0.200. The minimum Gasteiger partial charge on any atom is -0.459 e. The van der Waals surface area contributed by atoms with Gasteiger partial charge < -0.3 is 10.1 Å². The maximum absolute atomic E-state index is 13.9. The van der Waals surface area contributed by atoms with Crippen LogP contribution in [0.2, 0.25) is 10.0 Å². The lowest BCUT2D eigenvalue weighted by Crippen LogP contribution is -2.40. The van der Waals surface area contributed by atoms with Crippen molar-refractivity contribution in [3.05, 3.63) is 94.6 Å². The molecule has 2 aliphatic rings. The Kier molecular flexibility index (Phi) is 5.91. The number of fused-ring (bicyclic) bond motifs is 2. The highest BCUT2D eigenvalue weighted by Gasteiger charge is 2.35. The molecular formula is C25H19Cl2N3O4S. The molecule has 1 N–H and O–H groups in total. The lowest BCUT2D eigenvalue weighted by molar-refractivity contribution is -0.143. The molecule has 1 amide bonds. The van der Waals surface area contributed by atoms with Crippen molar-refractivity contribution in [1.29, 1.82) is 0 Å². The van der Waals surface area contributed by atoms with E-state index in [1.54, 1.807) is 63.2 Å². The van der Waals surface area contributed by atoms with E-state index in [-0.39, 0.29) is 21.8 Å². The summed E-state index contributed by atoms with van der Waals surface area (Å²) in [6.45, 7) is 5.21. The van der Waals surface area contributed by atoms with E-state index in [9.17, 15) is 14.4 Å². The smallest absolute Gasteiger partial charge is 0.338 e. The summed E-state index contributed by atoms with van der Waals surface area (Å²) in [5.41, 5.74) is 2.27. The number of halogens is 2. The number of allylic oxidation sites excluding steroid dienone is 1. The van der Waals surface area contributed by atoms with Gasteiger partial charge in [0, 0.05) is 21.3 Å². The molecule has 0 radical (unpaired) electrons. The predicted molar refractivity (Wildman–Crippen MR) is 135 cm³/mol. The van der Waals surface area contributed by atoms with Gasteiger partial charge in [-0.3, -0.25) is 14.2 Å². The van der Waals surface area contributed by atoms with Crippen molar-refractivity contribution in [3.63, 3.8) is 0 Å². The first-order chi connectivity index (χ1) is 16.7. The maximum atomic E-state index is 13.9. The third kappa shape index (κ3) is 4.01. The first-order valence-corrected chi connectivity index (χ1v) is 12.4. The molecule has 3 aromatic rings. The summed E-state index contributed by atoms with van der Waals surface area (Å²) in [6, 6.07) is 11.1. The van der Waals surface area contributed by atoms with Gasteiger partial charge in [-0.25, -0.2) is 9.79 Å². The molecule has 178 valence electrons. The first kappa shape index (κ1) is 23.5. The average Bonchev–Trinajstić information content (AvgIpc) is 3.27. The molecule has 35 heavy (non-hydrogen) atoms. The number of nitrogens with zero attached hydrogens (tertiary/aromatic N) is 2. The fourth-order valence-corrected chi connectivity index (χ4v) is 5.68. The van der Waals surface area contributed by atoms with Crippen LogP contribution in [-0.2, 0) is 14.3 Å². The van der Waals surface area contributed by atoms with Crippen molar-refractivity contribution in [3.8, 4) is 0 Å². The van der Waals surface area contributed by atoms with Crippen LogP contribution in [0.3, 0.4) is 0 Å². The number of ether oxygens (including phenoxy) is 1. The molecule has 0 bridgehead atoms. The zero-order chi connectivity index (χ0) is 25.0. The standard InChI is InChI=1S/C25H19Cl2N3O4S/c1-11(2)34-24(33)18-12(3)28-25-30(20(18)13-4-6-14(26)7-5-13)23(32)21(35-25)19-16-10-15(27)8-9-17(16)29-22(19)31/h4-11,20H,1-3H3,(H,29,31)/b21-19-/t20-/m0/s1. The Morgan fingerprint density at radius 2 is 1.80 bits per heavy atom.